The van der Waals surface area contributed by atoms with E-state index in [-0.39, 0.29) is 17.7 Å². The van der Waals surface area contributed by atoms with Crippen molar-refractivity contribution >= 4 is 11.9 Å². The number of amides is 1. The zero-order valence-corrected chi connectivity index (χ0v) is 12.1. The first kappa shape index (κ1) is 17.9. The topological polar surface area (TPSA) is 75.6 Å². The summed E-state index contributed by atoms with van der Waals surface area (Å²) >= 11 is 0. The molecule has 22 heavy (non-hydrogen) atoms. The van der Waals surface area contributed by atoms with Gasteiger partial charge in [0.25, 0.3) is 5.91 Å². The van der Waals surface area contributed by atoms with Gasteiger partial charge in [0, 0.05) is 13.0 Å². The van der Waals surface area contributed by atoms with Crippen LogP contribution in [0.25, 0.3) is 0 Å². The SMILES string of the molecule is O=C(O)CCCCCCNC(=O)c1ccccc1OC(F)F. The minimum absolute atomic E-state index is 0.0636. The molecule has 0 aliphatic heterocycles. The van der Waals surface area contributed by atoms with Crippen molar-refractivity contribution in [3.05, 3.63) is 29.8 Å². The molecule has 0 bridgehead atoms. The zero-order valence-electron chi connectivity index (χ0n) is 12.1. The van der Waals surface area contributed by atoms with Gasteiger partial charge in [-0.2, -0.15) is 8.78 Å². The number of unbranched alkanes of at least 4 members (excludes halogenated alkanes) is 3. The Morgan fingerprint density at radius 3 is 2.50 bits per heavy atom. The molecule has 0 aromatic heterocycles. The van der Waals surface area contributed by atoms with Crippen LogP contribution in [0.3, 0.4) is 0 Å². The number of hydrogen-bond acceptors (Lipinski definition) is 3. The largest absolute Gasteiger partial charge is 0.481 e. The molecule has 1 aromatic rings. The molecule has 0 aliphatic rings. The summed E-state index contributed by atoms with van der Waals surface area (Å²) in [5, 5.41) is 11.1. The summed E-state index contributed by atoms with van der Waals surface area (Å²) in [6.45, 7) is -2.59. The van der Waals surface area contributed by atoms with E-state index in [1.807, 2.05) is 0 Å². The summed E-state index contributed by atoms with van der Waals surface area (Å²) in [7, 11) is 0. The number of hydrogen-bond donors (Lipinski definition) is 2. The highest BCUT2D eigenvalue weighted by Gasteiger charge is 2.14. The van der Waals surface area contributed by atoms with Crippen molar-refractivity contribution in [2.75, 3.05) is 6.54 Å². The van der Waals surface area contributed by atoms with Gasteiger partial charge in [-0.05, 0) is 25.0 Å². The van der Waals surface area contributed by atoms with Crippen molar-refractivity contribution in [2.24, 2.45) is 0 Å². The average Bonchev–Trinajstić information content (AvgIpc) is 2.45. The van der Waals surface area contributed by atoms with Gasteiger partial charge in [-0.1, -0.05) is 25.0 Å². The predicted octanol–water partition coefficient (Wildman–Crippen LogP) is 3.05. The van der Waals surface area contributed by atoms with Crippen LogP contribution in [0, 0.1) is 0 Å². The van der Waals surface area contributed by atoms with Crippen LogP contribution >= 0.6 is 0 Å². The van der Waals surface area contributed by atoms with Gasteiger partial charge >= 0.3 is 12.6 Å². The van der Waals surface area contributed by atoms with Crippen LogP contribution < -0.4 is 10.1 Å². The minimum atomic E-state index is -2.98. The van der Waals surface area contributed by atoms with Gasteiger partial charge in [-0.25, -0.2) is 0 Å². The molecule has 0 unspecified atom stereocenters. The monoisotopic (exact) mass is 315 g/mol. The molecule has 2 N–H and O–H groups in total. The molecule has 0 spiro atoms. The Morgan fingerprint density at radius 1 is 1.14 bits per heavy atom. The fourth-order valence-corrected chi connectivity index (χ4v) is 1.90. The lowest BCUT2D eigenvalue weighted by atomic mass is 10.1. The Kier molecular flexibility index (Phi) is 7.88. The first-order chi connectivity index (χ1) is 10.5. The molecule has 0 atom stereocenters. The fourth-order valence-electron chi connectivity index (χ4n) is 1.90. The van der Waals surface area contributed by atoms with Crippen LogP contribution in [-0.2, 0) is 4.79 Å². The lowest BCUT2D eigenvalue weighted by molar-refractivity contribution is -0.137. The van der Waals surface area contributed by atoms with Crippen molar-refractivity contribution in [2.45, 2.75) is 38.7 Å². The number of alkyl halides is 2. The average molecular weight is 315 g/mol. The molecule has 1 rings (SSSR count). The molecule has 5 nitrogen and oxygen atoms in total. The molecule has 1 amide bonds. The van der Waals surface area contributed by atoms with Gasteiger partial charge in [0.15, 0.2) is 0 Å². The van der Waals surface area contributed by atoms with E-state index >= 15 is 0 Å². The summed E-state index contributed by atoms with van der Waals surface area (Å²) in [5.74, 6) is -1.44. The number of benzene rings is 1. The normalized spacial score (nSPS) is 10.5. The maximum atomic E-state index is 12.2. The van der Waals surface area contributed by atoms with Gasteiger partial charge in [0.2, 0.25) is 0 Å². The van der Waals surface area contributed by atoms with Crippen molar-refractivity contribution in [1.29, 1.82) is 0 Å². The number of aliphatic carboxylic acids is 1. The molecule has 0 radical (unpaired) electrons. The Bertz CT molecular complexity index is 494. The second kappa shape index (κ2) is 9.70. The molecule has 0 fully saturated rings. The maximum absolute atomic E-state index is 12.2. The van der Waals surface area contributed by atoms with Gasteiger partial charge in [0.1, 0.15) is 5.75 Å². The molecule has 7 heteroatoms. The second-order valence-electron chi connectivity index (χ2n) is 4.69. The van der Waals surface area contributed by atoms with Gasteiger partial charge in [-0.3, -0.25) is 9.59 Å². The third kappa shape index (κ3) is 7.01. The molecule has 122 valence electrons. The van der Waals surface area contributed by atoms with Gasteiger partial charge in [0.05, 0.1) is 5.56 Å². The summed E-state index contributed by atoms with van der Waals surface area (Å²) < 4.78 is 28.8. The van der Waals surface area contributed by atoms with Crippen LogP contribution in [0.1, 0.15) is 42.5 Å². The summed E-state index contributed by atoms with van der Waals surface area (Å²) in [4.78, 5) is 22.2. The summed E-state index contributed by atoms with van der Waals surface area (Å²) in [5.41, 5.74) is 0.0636. The smallest absolute Gasteiger partial charge is 0.387 e. The first-order valence-corrected chi connectivity index (χ1v) is 7.04. The van der Waals surface area contributed by atoms with Gasteiger partial charge in [-0.15, -0.1) is 0 Å². The summed E-state index contributed by atoms with van der Waals surface area (Å²) in [6, 6.07) is 5.81. The van der Waals surface area contributed by atoms with Crippen molar-refractivity contribution < 1.29 is 28.2 Å². The van der Waals surface area contributed by atoms with Crippen LogP contribution in [0.4, 0.5) is 8.78 Å². The molecular formula is C15H19F2NO4. The van der Waals surface area contributed by atoms with Crippen molar-refractivity contribution in [3.8, 4) is 5.75 Å². The third-order valence-electron chi connectivity index (χ3n) is 2.95. The Hall–Kier alpha value is -2.18. The molecule has 0 heterocycles. The Labute approximate surface area is 127 Å². The van der Waals surface area contributed by atoms with E-state index in [2.05, 4.69) is 10.1 Å². The minimum Gasteiger partial charge on any atom is -0.481 e. The molecular weight excluding hydrogens is 296 g/mol. The van der Waals surface area contributed by atoms with E-state index in [1.54, 1.807) is 6.07 Å². The number of halogens is 2. The van der Waals surface area contributed by atoms with Gasteiger partial charge < -0.3 is 15.2 Å². The second-order valence-corrected chi connectivity index (χ2v) is 4.69. The van der Waals surface area contributed by atoms with Crippen LogP contribution in [0.5, 0.6) is 5.75 Å². The number of carboxylic acid groups (broad SMARTS) is 1. The van der Waals surface area contributed by atoms with Crippen molar-refractivity contribution in [3.63, 3.8) is 0 Å². The molecule has 1 aromatic carbocycles. The number of carbonyl (C=O) groups excluding carboxylic acids is 1. The van der Waals surface area contributed by atoms with E-state index in [4.69, 9.17) is 5.11 Å². The van der Waals surface area contributed by atoms with Crippen LogP contribution in [0.2, 0.25) is 0 Å². The number of carbonyl (C=O) groups is 2. The van der Waals surface area contributed by atoms with E-state index < -0.39 is 18.5 Å². The highest BCUT2D eigenvalue weighted by Crippen LogP contribution is 2.20. The molecule has 0 saturated heterocycles. The number of carboxylic acids is 1. The van der Waals surface area contributed by atoms with E-state index in [9.17, 15) is 18.4 Å². The molecule has 0 aliphatic carbocycles. The van der Waals surface area contributed by atoms with E-state index in [0.717, 1.165) is 12.8 Å². The quantitative estimate of drug-likeness (QED) is 0.651. The fraction of sp³-hybridized carbons (Fsp3) is 0.467. The number of para-hydroxylation sites is 1. The van der Waals surface area contributed by atoms with Crippen LogP contribution in [-0.4, -0.2) is 30.1 Å². The zero-order chi connectivity index (χ0) is 16.4. The first-order valence-electron chi connectivity index (χ1n) is 7.04. The van der Waals surface area contributed by atoms with E-state index in [0.29, 0.717) is 19.4 Å². The number of rotatable bonds is 10. The standard InChI is InChI=1S/C15H19F2NO4/c16-15(17)22-12-8-5-4-7-11(12)14(21)18-10-6-2-1-3-9-13(19)20/h4-5,7-8,15H,1-3,6,9-10H2,(H,18,21)(H,19,20). The highest BCUT2D eigenvalue weighted by atomic mass is 19.3. The Morgan fingerprint density at radius 2 is 1.82 bits per heavy atom. The maximum Gasteiger partial charge on any atom is 0.387 e. The predicted molar refractivity (Wildman–Crippen MR) is 76.1 cm³/mol. The third-order valence-corrected chi connectivity index (χ3v) is 2.95. The Balaban J connectivity index is 2.32. The lowest BCUT2D eigenvalue weighted by Gasteiger charge is -2.10. The van der Waals surface area contributed by atoms with Crippen molar-refractivity contribution in [1.82, 2.24) is 5.32 Å². The van der Waals surface area contributed by atoms with Crippen LogP contribution in [0.15, 0.2) is 24.3 Å². The lowest BCUT2D eigenvalue weighted by Crippen LogP contribution is -2.25. The molecule has 0 saturated carbocycles. The van der Waals surface area contributed by atoms with E-state index in [1.165, 1.54) is 18.2 Å². The summed E-state index contributed by atoms with van der Waals surface area (Å²) in [6.07, 6.45) is 3.01. The number of nitrogens with one attached hydrogen (secondary N) is 1. The number of ether oxygens (including phenoxy) is 1. The highest BCUT2D eigenvalue weighted by molar-refractivity contribution is 5.96.